The van der Waals surface area contributed by atoms with Crippen LogP contribution in [0.2, 0.25) is 0 Å². The average molecular weight is 637 g/mol. The van der Waals surface area contributed by atoms with Crippen molar-refractivity contribution in [2.45, 2.75) is 12.5 Å². The summed E-state index contributed by atoms with van der Waals surface area (Å²) in [6.07, 6.45) is 0.884. The average Bonchev–Trinajstić information content (AvgIpc) is 3.02. The first kappa shape index (κ1) is 31.9. The Balaban J connectivity index is 1.21. The smallest absolute Gasteiger partial charge is 0.230 e. The van der Waals surface area contributed by atoms with Crippen LogP contribution in [0.3, 0.4) is 0 Å². The fourth-order valence-electron chi connectivity index (χ4n) is 4.72. The number of β-amino-alcohol motifs (C(OH)–C–C–N with tert-alkyl or cyclic N) is 1. The van der Waals surface area contributed by atoms with Gasteiger partial charge in [0.05, 0.1) is 32.3 Å². The minimum atomic E-state index is -0.706. The Morgan fingerprint density at radius 1 is 1.07 bits per heavy atom. The number of aliphatic hydroxyl groups is 1. The lowest BCUT2D eigenvalue weighted by molar-refractivity contribution is -0.119. The van der Waals surface area contributed by atoms with Crippen LogP contribution in [0.1, 0.15) is 5.56 Å². The quantitative estimate of drug-likeness (QED) is 0.178. The molecule has 0 spiro atoms. The van der Waals surface area contributed by atoms with Gasteiger partial charge in [0.1, 0.15) is 24.2 Å². The minimum absolute atomic E-state index is 0.00528. The van der Waals surface area contributed by atoms with Gasteiger partial charge in [0.25, 0.3) is 0 Å². The number of thiocarbonyl (C=S) groups is 1. The number of amides is 1. The number of nitrogens with one attached hydrogen (secondary N) is 2. The van der Waals surface area contributed by atoms with Crippen LogP contribution in [0.5, 0.6) is 28.7 Å². The molecule has 1 aliphatic rings. The largest absolute Gasteiger partial charge is 0.508 e. The number of carbonyl (C=O) groups is 1. The zero-order valence-corrected chi connectivity index (χ0v) is 25.3. The molecular weight excluding hydrogens is 603 g/mol. The van der Waals surface area contributed by atoms with Crippen LogP contribution >= 0.6 is 12.2 Å². The van der Waals surface area contributed by atoms with E-state index in [4.69, 9.17) is 31.2 Å². The van der Waals surface area contributed by atoms with Crippen LogP contribution in [0.15, 0.2) is 66.9 Å². The predicted octanol–water partition coefficient (Wildman–Crippen LogP) is 4.01. The molecule has 1 aliphatic heterocycles. The molecule has 1 fully saturated rings. The highest BCUT2D eigenvalue weighted by molar-refractivity contribution is 7.80. The van der Waals surface area contributed by atoms with Gasteiger partial charge in [0.15, 0.2) is 28.2 Å². The molecule has 13 heteroatoms. The molecule has 0 radical (unpaired) electrons. The summed E-state index contributed by atoms with van der Waals surface area (Å²) in [5.74, 6) is 0.188. The molecule has 1 aromatic heterocycles. The highest BCUT2D eigenvalue weighted by Crippen LogP contribution is 2.38. The number of hydrogen-bond acceptors (Lipinski definition) is 10. The monoisotopic (exact) mass is 636 g/mol. The molecule has 5 rings (SSSR count). The Bertz CT molecular complexity index is 1650. The van der Waals surface area contributed by atoms with Gasteiger partial charge < -0.3 is 39.8 Å². The molecule has 2 heterocycles. The lowest BCUT2D eigenvalue weighted by atomic mass is 10.1. The Morgan fingerprint density at radius 2 is 1.84 bits per heavy atom. The lowest BCUT2D eigenvalue weighted by Gasteiger charge is -2.28. The van der Waals surface area contributed by atoms with Gasteiger partial charge in [-0.25, -0.2) is 4.39 Å². The molecular formula is C32H33FN4O7S. The van der Waals surface area contributed by atoms with Gasteiger partial charge in [-0.15, -0.1) is 0 Å². The third-order valence-electron chi connectivity index (χ3n) is 6.95. The van der Waals surface area contributed by atoms with Crippen molar-refractivity contribution in [3.05, 3.63) is 78.2 Å². The number of rotatable bonds is 11. The maximum absolute atomic E-state index is 15.1. The number of methoxy groups -OCH3 is 1. The Hall–Kier alpha value is -4.56. The molecule has 45 heavy (non-hydrogen) atoms. The summed E-state index contributed by atoms with van der Waals surface area (Å²) in [7, 11) is 1.50. The SMILES string of the molecule is COc1cc2c(Oc3ccc(NC(=S)NC(=O)Cc4ccc(O)cc4)cc3F)ccnc2cc1OCC(O)CN1CCOCC1. The fourth-order valence-corrected chi connectivity index (χ4v) is 4.95. The summed E-state index contributed by atoms with van der Waals surface area (Å²) in [4.78, 5) is 18.8. The Morgan fingerprint density at radius 3 is 2.58 bits per heavy atom. The minimum Gasteiger partial charge on any atom is -0.508 e. The zero-order chi connectivity index (χ0) is 31.8. The summed E-state index contributed by atoms with van der Waals surface area (Å²) in [5.41, 5.74) is 1.54. The van der Waals surface area contributed by atoms with E-state index in [9.17, 15) is 15.0 Å². The highest BCUT2D eigenvalue weighted by Gasteiger charge is 2.18. The summed E-state index contributed by atoms with van der Waals surface area (Å²) in [5, 5.41) is 25.8. The Labute approximate surface area is 264 Å². The van der Waals surface area contributed by atoms with Crippen molar-refractivity contribution in [2.24, 2.45) is 0 Å². The number of hydrogen-bond donors (Lipinski definition) is 4. The molecule has 0 bridgehead atoms. The van der Waals surface area contributed by atoms with E-state index in [0.29, 0.717) is 59.2 Å². The number of halogens is 1. The van der Waals surface area contributed by atoms with Gasteiger partial charge in [-0.2, -0.15) is 0 Å². The van der Waals surface area contributed by atoms with Crippen molar-refractivity contribution in [2.75, 3.05) is 51.9 Å². The van der Waals surface area contributed by atoms with E-state index in [0.717, 1.165) is 13.1 Å². The van der Waals surface area contributed by atoms with E-state index in [2.05, 4.69) is 20.5 Å². The number of aromatic hydroxyl groups is 1. The normalized spacial score (nSPS) is 14.0. The number of pyridine rings is 1. The number of aliphatic hydroxyl groups excluding tert-OH is 1. The van der Waals surface area contributed by atoms with Gasteiger partial charge >= 0.3 is 0 Å². The number of benzene rings is 3. The van der Waals surface area contributed by atoms with E-state index in [-0.39, 0.29) is 35.5 Å². The van der Waals surface area contributed by atoms with Crippen molar-refractivity contribution in [3.63, 3.8) is 0 Å². The molecule has 1 atom stereocenters. The van der Waals surface area contributed by atoms with Crippen LogP contribution in [0.25, 0.3) is 10.9 Å². The van der Waals surface area contributed by atoms with Crippen molar-refractivity contribution < 1.29 is 38.3 Å². The van der Waals surface area contributed by atoms with Crippen LogP contribution in [-0.4, -0.2) is 83.8 Å². The number of phenolic OH excluding ortho intramolecular Hbond substituents is 1. The van der Waals surface area contributed by atoms with Crippen molar-refractivity contribution in [1.82, 2.24) is 15.2 Å². The number of nitrogens with zero attached hydrogens (tertiary/aromatic N) is 2. The highest BCUT2D eigenvalue weighted by atomic mass is 32.1. The standard InChI is InChI=1S/C32H33FN4O7S/c1-41-29-16-24-26(17-30(29)43-19-23(39)18-37-10-12-42-13-11-37)34-9-8-27(24)44-28-7-4-21(15-25(28)33)35-32(45)36-31(40)14-20-2-5-22(38)6-3-20/h2-9,15-17,23,38-39H,10-14,18-19H2,1H3,(H2,35,36,40,45). The van der Waals surface area contributed by atoms with Crippen LogP contribution in [0, 0.1) is 5.82 Å². The molecule has 0 aliphatic carbocycles. The molecule has 1 unspecified atom stereocenters. The summed E-state index contributed by atoms with van der Waals surface area (Å²) >= 11 is 5.20. The third kappa shape index (κ3) is 8.76. The van der Waals surface area contributed by atoms with Crippen LogP contribution < -0.4 is 24.8 Å². The number of fused-ring (bicyclic) bond motifs is 1. The van der Waals surface area contributed by atoms with E-state index < -0.39 is 11.9 Å². The number of ether oxygens (including phenoxy) is 4. The molecule has 4 N–H and O–H groups in total. The van der Waals surface area contributed by atoms with Crippen LogP contribution in [-0.2, 0) is 16.0 Å². The van der Waals surface area contributed by atoms with Crippen molar-refractivity contribution >= 4 is 39.8 Å². The van der Waals surface area contributed by atoms with E-state index in [1.807, 2.05) is 0 Å². The first-order chi connectivity index (χ1) is 21.8. The molecule has 1 saturated heterocycles. The first-order valence-electron chi connectivity index (χ1n) is 14.2. The predicted molar refractivity (Wildman–Crippen MR) is 170 cm³/mol. The maximum Gasteiger partial charge on any atom is 0.230 e. The molecule has 1 amide bonds. The number of aromatic nitrogens is 1. The van der Waals surface area contributed by atoms with E-state index >= 15 is 4.39 Å². The van der Waals surface area contributed by atoms with Crippen molar-refractivity contribution in [1.29, 1.82) is 0 Å². The number of phenols is 1. The topological polar surface area (TPSA) is 135 Å². The van der Waals surface area contributed by atoms with Gasteiger partial charge in [0, 0.05) is 49.0 Å². The van der Waals surface area contributed by atoms with Gasteiger partial charge in [-0.05, 0) is 54.2 Å². The molecule has 236 valence electrons. The summed E-state index contributed by atoms with van der Waals surface area (Å²) in [6.45, 7) is 3.34. The molecule has 0 saturated carbocycles. The van der Waals surface area contributed by atoms with E-state index in [1.54, 1.807) is 36.4 Å². The second-order valence-corrected chi connectivity index (χ2v) is 10.7. The van der Waals surface area contributed by atoms with Crippen LogP contribution in [0.4, 0.5) is 10.1 Å². The fraction of sp³-hybridized carbons (Fsp3) is 0.281. The van der Waals surface area contributed by atoms with E-state index in [1.165, 1.54) is 37.6 Å². The summed E-state index contributed by atoms with van der Waals surface area (Å²) < 4.78 is 37.8. The third-order valence-corrected chi connectivity index (χ3v) is 7.16. The first-order valence-corrected chi connectivity index (χ1v) is 14.6. The number of morpholine rings is 1. The van der Waals surface area contributed by atoms with Gasteiger partial charge in [-0.1, -0.05) is 12.1 Å². The summed E-state index contributed by atoms with van der Waals surface area (Å²) in [6, 6.07) is 15.4. The second kappa shape index (κ2) is 14.9. The maximum atomic E-state index is 15.1. The molecule has 3 aromatic carbocycles. The molecule has 4 aromatic rings. The zero-order valence-electron chi connectivity index (χ0n) is 24.5. The number of carbonyl (C=O) groups excluding carboxylic acids is 1. The lowest BCUT2D eigenvalue weighted by Crippen LogP contribution is -2.42. The van der Waals surface area contributed by atoms with Gasteiger partial charge in [-0.3, -0.25) is 14.7 Å². The molecule has 11 nitrogen and oxygen atoms in total. The Kier molecular flexibility index (Phi) is 10.6. The number of anilines is 1. The van der Waals surface area contributed by atoms with Gasteiger partial charge in [0.2, 0.25) is 5.91 Å². The second-order valence-electron chi connectivity index (χ2n) is 10.3. The van der Waals surface area contributed by atoms with Crippen molar-refractivity contribution in [3.8, 4) is 28.7 Å².